The van der Waals surface area contributed by atoms with Crippen LogP contribution in [0.3, 0.4) is 0 Å². The van der Waals surface area contributed by atoms with Gasteiger partial charge >= 0.3 is 0 Å². The number of amides is 1. The number of carbonyl (C=O) groups excluding carboxylic acids is 1. The Hall–Kier alpha value is -1.05. The first kappa shape index (κ1) is 11.7. The maximum atomic E-state index is 10.5. The van der Waals surface area contributed by atoms with E-state index in [1.165, 1.54) is 17.2 Å². The molecular formula is C8H15NO. The van der Waals surface area contributed by atoms with Crippen molar-refractivity contribution in [3.05, 3.63) is 25.4 Å². The lowest BCUT2D eigenvalue weighted by atomic mass is 10.5. The molecule has 0 bridgehead atoms. The number of hydrogen-bond donors (Lipinski definition) is 0. The largest absolute Gasteiger partial charge is 0.319 e. The fourth-order valence-corrected chi connectivity index (χ4v) is 0.234. The summed E-state index contributed by atoms with van der Waals surface area (Å²) in [5, 5.41) is 0. The second kappa shape index (κ2) is 7.95. The van der Waals surface area contributed by atoms with E-state index >= 15 is 0 Å². The predicted octanol–water partition coefficient (Wildman–Crippen LogP) is 1.80. The van der Waals surface area contributed by atoms with Crippen molar-refractivity contribution in [1.29, 1.82) is 0 Å². The van der Waals surface area contributed by atoms with E-state index in [4.69, 9.17) is 0 Å². The minimum Gasteiger partial charge on any atom is -0.319 e. The molecule has 0 saturated carbocycles. The number of carbonyl (C=O) groups is 1. The second-order valence-electron chi connectivity index (χ2n) is 1.34. The zero-order valence-electron chi connectivity index (χ0n) is 6.92. The van der Waals surface area contributed by atoms with E-state index in [9.17, 15) is 4.79 Å². The Kier molecular flexibility index (Phi) is 9.31. The minimum atomic E-state index is -0.139. The quantitative estimate of drug-likeness (QED) is 0.537. The summed E-state index contributed by atoms with van der Waals surface area (Å²) in [6, 6.07) is 0. The SMILES string of the molecule is C=CC(=O)N(C)C=C.CC. The van der Waals surface area contributed by atoms with Crippen molar-refractivity contribution in [2.24, 2.45) is 0 Å². The van der Waals surface area contributed by atoms with Crippen LogP contribution in [0.1, 0.15) is 13.8 Å². The summed E-state index contributed by atoms with van der Waals surface area (Å²) < 4.78 is 0. The summed E-state index contributed by atoms with van der Waals surface area (Å²) in [6.07, 6.45) is 2.67. The van der Waals surface area contributed by atoms with Crippen LogP contribution in [0.5, 0.6) is 0 Å². The van der Waals surface area contributed by atoms with Crippen LogP contribution in [0.25, 0.3) is 0 Å². The molecule has 2 nitrogen and oxygen atoms in total. The third kappa shape index (κ3) is 5.09. The van der Waals surface area contributed by atoms with Gasteiger partial charge in [-0.25, -0.2) is 0 Å². The second-order valence-corrected chi connectivity index (χ2v) is 1.34. The van der Waals surface area contributed by atoms with Crippen molar-refractivity contribution >= 4 is 5.91 Å². The van der Waals surface area contributed by atoms with Crippen LogP contribution in [0, 0.1) is 0 Å². The average Bonchev–Trinajstić information content (AvgIpc) is 2.05. The molecule has 0 rings (SSSR count). The van der Waals surface area contributed by atoms with Crippen LogP contribution < -0.4 is 0 Å². The van der Waals surface area contributed by atoms with Crippen molar-refractivity contribution in [3.63, 3.8) is 0 Å². The zero-order valence-corrected chi connectivity index (χ0v) is 6.92. The van der Waals surface area contributed by atoms with Crippen molar-refractivity contribution in [2.45, 2.75) is 13.8 Å². The van der Waals surface area contributed by atoms with E-state index in [1.54, 1.807) is 7.05 Å². The zero-order chi connectivity index (χ0) is 8.57. The van der Waals surface area contributed by atoms with Gasteiger partial charge in [-0.1, -0.05) is 27.0 Å². The normalized spacial score (nSPS) is 6.70. The van der Waals surface area contributed by atoms with Gasteiger partial charge < -0.3 is 4.90 Å². The molecule has 0 saturated heterocycles. The Morgan fingerprint density at radius 2 is 1.80 bits per heavy atom. The van der Waals surface area contributed by atoms with E-state index in [0.717, 1.165) is 0 Å². The highest BCUT2D eigenvalue weighted by molar-refractivity contribution is 5.87. The summed E-state index contributed by atoms with van der Waals surface area (Å²) in [5.74, 6) is -0.139. The Morgan fingerprint density at radius 3 is 1.90 bits per heavy atom. The van der Waals surface area contributed by atoms with Gasteiger partial charge in [0, 0.05) is 7.05 Å². The van der Waals surface area contributed by atoms with Gasteiger partial charge in [0.15, 0.2) is 0 Å². The van der Waals surface area contributed by atoms with E-state index in [1.807, 2.05) is 13.8 Å². The van der Waals surface area contributed by atoms with Gasteiger partial charge in [-0.3, -0.25) is 4.79 Å². The smallest absolute Gasteiger partial charge is 0.249 e. The van der Waals surface area contributed by atoms with Crippen LogP contribution in [0.4, 0.5) is 0 Å². The maximum Gasteiger partial charge on any atom is 0.249 e. The van der Waals surface area contributed by atoms with Crippen LogP contribution in [-0.2, 0) is 4.79 Å². The lowest BCUT2D eigenvalue weighted by Crippen LogP contribution is -2.16. The molecule has 0 aliphatic rings. The van der Waals surface area contributed by atoms with Crippen molar-refractivity contribution in [3.8, 4) is 0 Å². The molecule has 0 aliphatic carbocycles. The molecule has 2 heteroatoms. The van der Waals surface area contributed by atoms with E-state index in [-0.39, 0.29) is 5.91 Å². The highest BCUT2D eigenvalue weighted by Gasteiger charge is 1.94. The molecule has 0 aliphatic heterocycles. The van der Waals surface area contributed by atoms with Gasteiger partial charge in [-0.15, -0.1) is 0 Å². The molecule has 1 amide bonds. The molecule has 0 atom stereocenters. The van der Waals surface area contributed by atoms with Gasteiger partial charge in [0.25, 0.3) is 0 Å². The molecule has 10 heavy (non-hydrogen) atoms. The van der Waals surface area contributed by atoms with Gasteiger partial charge in [0.1, 0.15) is 0 Å². The number of likely N-dealkylation sites (N-methyl/N-ethyl adjacent to an activating group) is 1. The van der Waals surface area contributed by atoms with Crippen molar-refractivity contribution in [1.82, 2.24) is 4.90 Å². The average molecular weight is 141 g/mol. The standard InChI is InChI=1S/C6H9NO.C2H6/c1-4-6(8)7(3)5-2;1-2/h4-5H,1-2H2,3H3;1-2H3. The van der Waals surface area contributed by atoms with Gasteiger partial charge in [0.2, 0.25) is 5.91 Å². The predicted molar refractivity (Wildman–Crippen MR) is 44.5 cm³/mol. The lowest BCUT2D eigenvalue weighted by Gasteiger charge is -2.05. The maximum absolute atomic E-state index is 10.5. The molecule has 58 valence electrons. The van der Waals surface area contributed by atoms with Crippen molar-refractivity contribution in [2.75, 3.05) is 7.05 Å². The van der Waals surface area contributed by atoms with E-state index in [0.29, 0.717) is 0 Å². The van der Waals surface area contributed by atoms with Gasteiger partial charge in [0.05, 0.1) is 0 Å². The molecule has 0 aromatic carbocycles. The first-order valence-corrected chi connectivity index (χ1v) is 3.24. The Labute approximate surface area is 62.8 Å². The van der Waals surface area contributed by atoms with Gasteiger partial charge in [-0.2, -0.15) is 0 Å². The molecule has 0 spiro atoms. The Balaban J connectivity index is 0. The third-order valence-electron chi connectivity index (χ3n) is 0.796. The van der Waals surface area contributed by atoms with E-state index in [2.05, 4.69) is 13.2 Å². The van der Waals surface area contributed by atoms with Crippen LogP contribution in [0.2, 0.25) is 0 Å². The molecule has 0 unspecified atom stereocenters. The summed E-state index contributed by atoms with van der Waals surface area (Å²) >= 11 is 0. The fourth-order valence-electron chi connectivity index (χ4n) is 0.234. The van der Waals surface area contributed by atoms with Crippen LogP contribution in [0.15, 0.2) is 25.4 Å². The molecule has 0 aromatic heterocycles. The number of rotatable bonds is 2. The van der Waals surface area contributed by atoms with Crippen LogP contribution >= 0.6 is 0 Å². The number of hydrogen-bond acceptors (Lipinski definition) is 1. The topological polar surface area (TPSA) is 20.3 Å². The Morgan fingerprint density at radius 1 is 1.40 bits per heavy atom. The molecule has 0 N–H and O–H groups in total. The number of nitrogens with zero attached hydrogens (tertiary/aromatic N) is 1. The highest BCUT2D eigenvalue weighted by Crippen LogP contribution is 1.82. The minimum absolute atomic E-state index is 0.139. The molecule has 0 aromatic rings. The molecule has 0 heterocycles. The summed E-state index contributed by atoms with van der Waals surface area (Å²) in [6.45, 7) is 10.7. The molecule has 0 fully saturated rings. The van der Waals surface area contributed by atoms with Crippen molar-refractivity contribution < 1.29 is 4.79 Å². The van der Waals surface area contributed by atoms with Crippen LogP contribution in [-0.4, -0.2) is 17.9 Å². The van der Waals surface area contributed by atoms with Gasteiger partial charge in [-0.05, 0) is 12.3 Å². The fraction of sp³-hybridized carbons (Fsp3) is 0.375. The third-order valence-corrected chi connectivity index (χ3v) is 0.796. The molecular weight excluding hydrogens is 126 g/mol. The summed E-state index contributed by atoms with van der Waals surface area (Å²) in [5.41, 5.74) is 0. The molecule has 0 radical (unpaired) electrons. The lowest BCUT2D eigenvalue weighted by molar-refractivity contribution is -0.122. The first-order chi connectivity index (χ1) is 4.72. The monoisotopic (exact) mass is 141 g/mol. The Bertz CT molecular complexity index is 118. The first-order valence-electron chi connectivity index (χ1n) is 3.24. The van der Waals surface area contributed by atoms with E-state index < -0.39 is 0 Å². The summed E-state index contributed by atoms with van der Waals surface area (Å²) in [7, 11) is 1.62. The summed E-state index contributed by atoms with van der Waals surface area (Å²) in [4.78, 5) is 11.8. The highest BCUT2D eigenvalue weighted by atomic mass is 16.2.